The van der Waals surface area contributed by atoms with E-state index in [4.69, 9.17) is 4.42 Å². The lowest BCUT2D eigenvalue weighted by atomic mass is 9.84. The number of benzene rings is 1. The zero-order valence-electron chi connectivity index (χ0n) is 17.5. The van der Waals surface area contributed by atoms with Gasteiger partial charge in [0.25, 0.3) is 5.91 Å². The maximum Gasteiger partial charge on any atom is 0.291 e. The summed E-state index contributed by atoms with van der Waals surface area (Å²) < 4.78 is 32.8. The minimum atomic E-state index is -0.625. The van der Waals surface area contributed by atoms with Gasteiger partial charge < -0.3 is 14.2 Å². The number of carbonyl (C=O) groups excluding carboxylic acids is 2. The van der Waals surface area contributed by atoms with Gasteiger partial charge in [0.15, 0.2) is 6.39 Å². The number of rotatable bonds is 6. The number of nitrogens with zero attached hydrogens (tertiary/aromatic N) is 3. The Bertz CT molecular complexity index is 907. The van der Waals surface area contributed by atoms with Crippen LogP contribution in [0.4, 0.5) is 8.78 Å². The number of piperidine rings is 1. The normalized spacial score (nSPS) is 15.8. The Morgan fingerprint density at radius 3 is 2.57 bits per heavy atom. The second-order valence-electron chi connectivity index (χ2n) is 7.76. The van der Waals surface area contributed by atoms with Gasteiger partial charge in [0.05, 0.1) is 5.69 Å². The van der Waals surface area contributed by atoms with Gasteiger partial charge in [-0.2, -0.15) is 0 Å². The molecule has 1 aliphatic rings. The highest BCUT2D eigenvalue weighted by Gasteiger charge is 2.34. The Morgan fingerprint density at radius 1 is 1.30 bits per heavy atom. The van der Waals surface area contributed by atoms with Crippen LogP contribution in [0.25, 0.3) is 0 Å². The van der Waals surface area contributed by atoms with Crippen molar-refractivity contribution in [3.63, 3.8) is 0 Å². The molecular weight excluding hydrogens is 392 g/mol. The highest BCUT2D eigenvalue weighted by atomic mass is 19.1. The van der Waals surface area contributed by atoms with E-state index in [2.05, 4.69) is 4.98 Å². The summed E-state index contributed by atoms with van der Waals surface area (Å²) in [6, 6.07) is 3.31. The number of carbonyl (C=O) groups is 2. The Hall–Kier alpha value is -2.77. The first-order chi connectivity index (χ1) is 14.3. The molecule has 2 heterocycles. The first kappa shape index (κ1) is 21.9. The maximum atomic E-state index is 14.3. The third-order valence-corrected chi connectivity index (χ3v) is 5.95. The highest BCUT2D eigenvalue weighted by molar-refractivity contribution is 5.92. The summed E-state index contributed by atoms with van der Waals surface area (Å²) in [4.78, 5) is 32.4. The van der Waals surface area contributed by atoms with Crippen LogP contribution in [0.3, 0.4) is 0 Å². The van der Waals surface area contributed by atoms with Gasteiger partial charge in [-0.3, -0.25) is 9.59 Å². The topological polar surface area (TPSA) is 66.7 Å². The first-order valence-corrected chi connectivity index (χ1v) is 10.2. The predicted octanol–water partition coefficient (Wildman–Crippen LogP) is 3.59. The number of amides is 2. The molecule has 0 radical (unpaired) electrons. The molecule has 1 atom stereocenters. The predicted molar refractivity (Wildman–Crippen MR) is 107 cm³/mol. The molecule has 1 fully saturated rings. The fourth-order valence-corrected chi connectivity index (χ4v) is 4.10. The molecule has 1 aromatic heterocycles. The van der Waals surface area contributed by atoms with Gasteiger partial charge in [-0.1, -0.05) is 13.0 Å². The minimum Gasteiger partial charge on any atom is -0.438 e. The number of aromatic nitrogens is 1. The van der Waals surface area contributed by atoms with Gasteiger partial charge in [0.2, 0.25) is 11.7 Å². The number of halogens is 2. The summed E-state index contributed by atoms with van der Waals surface area (Å²) in [6.07, 6.45) is 3.25. The fourth-order valence-electron chi connectivity index (χ4n) is 4.10. The standard InChI is InChI=1S/C22H27F2N3O3/c1-4-20(28)26(3)19(11-16-5-6-17(23)12-18(16)24)15-7-9-27(10-8-15)22(29)21-14(2)25-13-30-21/h5-6,12-13,15,19H,4,7-11H2,1-3H3. The van der Waals surface area contributed by atoms with Crippen molar-refractivity contribution < 1.29 is 22.8 Å². The first-order valence-electron chi connectivity index (χ1n) is 10.2. The summed E-state index contributed by atoms with van der Waals surface area (Å²) in [5.41, 5.74) is 0.938. The number of likely N-dealkylation sites (N-methyl/N-ethyl adjacent to an activating group) is 1. The van der Waals surface area contributed by atoms with Gasteiger partial charge in [-0.25, -0.2) is 13.8 Å². The van der Waals surface area contributed by atoms with Crippen LogP contribution in [0.15, 0.2) is 29.0 Å². The largest absolute Gasteiger partial charge is 0.438 e. The van der Waals surface area contributed by atoms with E-state index in [1.54, 1.807) is 30.7 Å². The van der Waals surface area contributed by atoms with Crippen LogP contribution >= 0.6 is 0 Å². The van der Waals surface area contributed by atoms with Crippen molar-refractivity contribution in [1.82, 2.24) is 14.8 Å². The summed E-state index contributed by atoms with van der Waals surface area (Å²) in [5.74, 6) is -1.11. The van der Waals surface area contributed by atoms with Crippen LogP contribution in [0.1, 0.15) is 48.0 Å². The zero-order valence-corrected chi connectivity index (χ0v) is 17.5. The summed E-state index contributed by atoms with van der Waals surface area (Å²) >= 11 is 0. The summed E-state index contributed by atoms with van der Waals surface area (Å²) in [6.45, 7) is 4.54. The van der Waals surface area contributed by atoms with Crippen molar-refractivity contribution in [1.29, 1.82) is 0 Å². The number of oxazole rings is 1. The van der Waals surface area contributed by atoms with Crippen LogP contribution in [-0.2, 0) is 11.2 Å². The second kappa shape index (κ2) is 9.36. The van der Waals surface area contributed by atoms with E-state index in [-0.39, 0.29) is 29.5 Å². The van der Waals surface area contributed by atoms with E-state index < -0.39 is 11.6 Å². The van der Waals surface area contributed by atoms with E-state index in [9.17, 15) is 18.4 Å². The molecule has 0 aliphatic carbocycles. The average Bonchev–Trinajstić information content (AvgIpc) is 3.17. The molecule has 1 unspecified atom stereocenters. The van der Waals surface area contributed by atoms with Crippen molar-refractivity contribution in [3.05, 3.63) is 53.2 Å². The number of hydrogen-bond acceptors (Lipinski definition) is 4. The highest BCUT2D eigenvalue weighted by Crippen LogP contribution is 2.28. The molecule has 6 nitrogen and oxygen atoms in total. The van der Waals surface area contributed by atoms with Gasteiger partial charge in [-0.15, -0.1) is 0 Å². The molecule has 0 bridgehead atoms. The van der Waals surface area contributed by atoms with E-state index in [0.29, 0.717) is 50.0 Å². The molecule has 1 aromatic carbocycles. The van der Waals surface area contributed by atoms with Gasteiger partial charge in [-0.05, 0) is 43.7 Å². The van der Waals surface area contributed by atoms with E-state index in [1.165, 1.54) is 18.5 Å². The van der Waals surface area contributed by atoms with Crippen LogP contribution in [0.2, 0.25) is 0 Å². The Balaban J connectivity index is 1.73. The monoisotopic (exact) mass is 419 g/mol. The van der Waals surface area contributed by atoms with Crippen LogP contribution < -0.4 is 0 Å². The number of aryl methyl sites for hydroxylation is 1. The molecule has 8 heteroatoms. The quantitative estimate of drug-likeness (QED) is 0.718. The molecule has 1 saturated heterocycles. The molecule has 30 heavy (non-hydrogen) atoms. The molecule has 0 spiro atoms. The molecule has 0 N–H and O–H groups in total. The van der Waals surface area contributed by atoms with Crippen molar-refractivity contribution in [2.24, 2.45) is 5.92 Å². The van der Waals surface area contributed by atoms with Crippen molar-refractivity contribution in [2.75, 3.05) is 20.1 Å². The molecule has 1 aliphatic heterocycles. The third kappa shape index (κ3) is 4.68. The molecule has 2 aromatic rings. The van der Waals surface area contributed by atoms with Crippen molar-refractivity contribution >= 4 is 11.8 Å². The lowest BCUT2D eigenvalue weighted by Crippen LogP contribution is -2.48. The van der Waals surface area contributed by atoms with Gasteiger partial charge in [0.1, 0.15) is 11.6 Å². The zero-order chi connectivity index (χ0) is 21.8. The van der Waals surface area contributed by atoms with Crippen LogP contribution in [0.5, 0.6) is 0 Å². The van der Waals surface area contributed by atoms with E-state index >= 15 is 0 Å². The Morgan fingerprint density at radius 2 is 2.00 bits per heavy atom. The smallest absolute Gasteiger partial charge is 0.291 e. The van der Waals surface area contributed by atoms with E-state index in [0.717, 1.165) is 6.07 Å². The van der Waals surface area contributed by atoms with Gasteiger partial charge in [0, 0.05) is 38.7 Å². The lowest BCUT2D eigenvalue weighted by Gasteiger charge is -2.40. The second-order valence-corrected chi connectivity index (χ2v) is 7.76. The number of hydrogen-bond donors (Lipinski definition) is 0. The lowest BCUT2D eigenvalue weighted by molar-refractivity contribution is -0.133. The van der Waals surface area contributed by atoms with Crippen LogP contribution in [-0.4, -0.2) is 52.8 Å². The molecular formula is C22H27F2N3O3. The summed E-state index contributed by atoms with van der Waals surface area (Å²) in [7, 11) is 1.73. The Labute approximate surface area is 174 Å². The maximum absolute atomic E-state index is 14.3. The molecule has 2 amide bonds. The Kier molecular flexibility index (Phi) is 6.84. The van der Waals surface area contributed by atoms with Gasteiger partial charge >= 0.3 is 0 Å². The minimum absolute atomic E-state index is 0.0293. The molecule has 0 saturated carbocycles. The van der Waals surface area contributed by atoms with E-state index in [1.807, 2.05) is 0 Å². The van der Waals surface area contributed by atoms with Crippen LogP contribution in [0, 0.1) is 24.5 Å². The SMILES string of the molecule is CCC(=O)N(C)C(Cc1ccc(F)cc1F)C1CCN(C(=O)c2ocnc2C)CC1. The molecule has 3 rings (SSSR count). The number of likely N-dealkylation sites (tertiary alicyclic amines) is 1. The summed E-state index contributed by atoms with van der Waals surface area (Å²) in [5, 5.41) is 0. The molecule has 162 valence electrons. The van der Waals surface area contributed by atoms with Crippen molar-refractivity contribution in [2.45, 2.75) is 45.6 Å². The fraction of sp³-hybridized carbons (Fsp3) is 0.500. The third-order valence-electron chi connectivity index (χ3n) is 5.95. The average molecular weight is 419 g/mol. The van der Waals surface area contributed by atoms with Crippen molar-refractivity contribution in [3.8, 4) is 0 Å².